The Morgan fingerprint density at radius 2 is 2.00 bits per heavy atom. The monoisotopic (exact) mass is 216 g/mol. The van der Waals surface area contributed by atoms with Gasteiger partial charge in [0.15, 0.2) is 5.69 Å². The highest BCUT2D eigenvalue weighted by Crippen LogP contribution is 2.16. The number of aromatic nitrogens is 2. The lowest BCUT2D eigenvalue weighted by atomic mass is 10.2. The van der Waals surface area contributed by atoms with Crippen LogP contribution in [-0.4, -0.2) is 20.9 Å². The van der Waals surface area contributed by atoms with Gasteiger partial charge in [0.05, 0.1) is 11.4 Å². The van der Waals surface area contributed by atoms with E-state index >= 15 is 0 Å². The van der Waals surface area contributed by atoms with E-state index in [0.717, 1.165) is 11.3 Å². The summed E-state index contributed by atoms with van der Waals surface area (Å²) in [7, 11) is 0. The first-order valence-corrected chi connectivity index (χ1v) is 4.95. The number of para-hydroxylation sites is 1. The van der Waals surface area contributed by atoms with Gasteiger partial charge in [0, 0.05) is 0 Å². The normalized spacial score (nSPS) is 10.4. The van der Waals surface area contributed by atoms with Crippen molar-refractivity contribution < 1.29 is 9.90 Å². The van der Waals surface area contributed by atoms with E-state index in [-0.39, 0.29) is 5.69 Å². The van der Waals surface area contributed by atoms with Crippen molar-refractivity contribution in [3.8, 4) is 5.69 Å². The molecule has 0 amide bonds. The summed E-state index contributed by atoms with van der Waals surface area (Å²) in [5, 5.41) is 13.3. The molecule has 0 saturated heterocycles. The van der Waals surface area contributed by atoms with Gasteiger partial charge in [-0.2, -0.15) is 5.10 Å². The standard InChI is InChI=1S/C12H12N2O2/c1-8-5-3-4-6-10(8)14-11(12(15)16)7-9(2)13-14/h3-7H,1-2H3,(H,15,16). The summed E-state index contributed by atoms with van der Waals surface area (Å²) in [6.45, 7) is 3.71. The molecule has 0 aliphatic rings. The molecule has 2 aromatic rings. The van der Waals surface area contributed by atoms with Gasteiger partial charge in [-0.1, -0.05) is 18.2 Å². The Hall–Kier alpha value is -2.10. The third kappa shape index (κ3) is 1.69. The van der Waals surface area contributed by atoms with E-state index in [1.807, 2.05) is 31.2 Å². The maximum atomic E-state index is 11.1. The van der Waals surface area contributed by atoms with Gasteiger partial charge in [-0.25, -0.2) is 9.48 Å². The summed E-state index contributed by atoms with van der Waals surface area (Å²) in [4.78, 5) is 11.1. The molecule has 1 aromatic carbocycles. The highest BCUT2D eigenvalue weighted by molar-refractivity contribution is 5.86. The Morgan fingerprint density at radius 3 is 2.62 bits per heavy atom. The minimum atomic E-state index is -0.969. The largest absolute Gasteiger partial charge is 0.477 e. The molecule has 16 heavy (non-hydrogen) atoms. The molecule has 0 saturated carbocycles. The molecule has 0 unspecified atom stereocenters. The summed E-state index contributed by atoms with van der Waals surface area (Å²) in [6.07, 6.45) is 0. The number of rotatable bonds is 2. The number of carboxylic acid groups (broad SMARTS) is 1. The third-order valence-corrected chi connectivity index (χ3v) is 2.39. The lowest BCUT2D eigenvalue weighted by molar-refractivity contribution is 0.0687. The summed E-state index contributed by atoms with van der Waals surface area (Å²) >= 11 is 0. The van der Waals surface area contributed by atoms with Gasteiger partial charge in [-0.05, 0) is 31.5 Å². The van der Waals surface area contributed by atoms with E-state index in [2.05, 4.69) is 5.10 Å². The first kappa shape index (κ1) is 10.4. The quantitative estimate of drug-likeness (QED) is 0.837. The van der Waals surface area contributed by atoms with Gasteiger partial charge in [0.2, 0.25) is 0 Å². The second kappa shape index (κ2) is 3.81. The van der Waals surface area contributed by atoms with E-state index < -0.39 is 5.97 Å². The molecular formula is C12H12N2O2. The smallest absolute Gasteiger partial charge is 0.354 e. The number of aryl methyl sites for hydroxylation is 2. The molecule has 1 aromatic heterocycles. The number of hydrogen-bond acceptors (Lipinski definition) is 2. The van der Waals surface area contributed by atoms with Crippen molar-refractivity contribution in [1.29, 1.82) is 0 Å². The number of hydrogen-bond donors (Lipinski definition) is 1. The van der Waals surface area contributed by atoms with E-state index in [1.165, 1.54) is 4.68 Å². The average molecular weight is 216 g/mol. The van der Waals surface area contributed by atoms with Gasteiger partial charge in [-0.15, -0.1) is 0 Å². The van der Waals surface area contributed by atoms with Crippen LogP contribution >= 0.6 is 0 Å². The van der Waals surface area contributed by atoms with Crippen LogP contribution in [0.25, 0.3) is 5.69 Å². The van der Waals surface area contributed by atoms with Gasteiger partial charge < -0.3 is 5.11 Å². The first-order chi connectivity index (χ1) is 7.59. The minimum absolute atomic E-state index is 0.187. The second-order valence-corrected chi connectivity index (χ2v) is 3.67. The molecule has 0 atom stereocenters. The number of nitrogens with zero attached hydrogens (tertiary/aromatic N) is 2. The zero-order valence-corrected chi connectivity index (χ0v) is 9.14. The number of carboxylic acids is 1. The lowest BCUT2D eigenvalue weighted by Crippen LogP contribution is -2.08. The van der Waals surface area contributed by atoms with E-state index in [9.17, 15) is 4.79 Å². The zero-order chi connectivity index (χ0) is 11.7. The third-order valence-electron chi connectivity index (χ3n) is 2.39. The summed E-state index contributed by atoms with van der Waals surface area (Å²) in [6, 6.07) is 9.13. The molecule has 0 aliphatic heterocycles. The van der Waals surface area contributed by atoms with Crippen LogP contribution in [-0.2, 0) is 0 Å². The van der Waals surface area contributed by atoms with Crippen molar-refractivity contribution in [2.24, 2.45) is 0 Å². The van der Waals surface area contributed by atoms with Crippen LogP contribution in [0.4, 0.5) is 0 Å². The number of aromatic carboxylic acids is 1. The highest BCUT2D eigenvalue weighted by atomic mass is 16.4. The van der Waals surface area contributed by atoms with Gasteiger partial charge >= 0.3 is 5.97 Å². The highest BCUT2D eigenvalue weighted by Gasteiger charge is 2.14. The predicted octanol–water partition coefficient (Wildman–Crippen LogP) is 2.19. The zero-order valence-electron chi connectivity index (χ0n) is 9.14. The van der Waals surface area contributed by atoms with Crippen molar-refractivity contribution in [2.75, 3.05) is 0 Å². The fraction of sp³-hybridized carbons (Fsp3) is 0.167. The molecule has 0 radical (unpaired) electrons. The van der Waals surface area contributed by atoms with Crippen LogP contribution in [0.1, 0.15) is 21.7 Å². The molecule has 1 N–H and O–H groups in total. The molecule has 4 heteroatoms. The number of carbonyl (C=O) groups is 1. The van der Waals surface area contributed by atoms with Crippen molar-refractivity contribution in [1.82, 2.24) is 9.78 Å². The van der Waals surface area contributed by atoms with Crippen molar-refractivity contribution >= 4 is 5.97 Å². The van der Waals surface area contributed by atoms with Crippen LogP contribution in [0.2, 0.25) is 0 Å². The fourth-order valence-corrected chi connectivity index (χ4v) is 1.64. The molecular weight excluding hydrogens is 204 g/mol. The molecule has 0 bridgehead atoms. The second-order valence-electron chi connectivity index (χ2n) is 3.67. The van der Waals surface area contributed by atoms with Crippen LogP contribution in [0.5, 0.6) is 0 Å². The maximum absolute atomic E-state index is 11.1. The molecule has 2 rings (SSSR count). The molecule has 0 fully saturated rings. The molecule has 0 aliphatic carbocycles. The Bertz CT molecular complexity index is 544. The van der Waals surface area contributed by atoms with Crippen molar-refractivity contribution in [3.05, 3.63) is 47.3 Å². The molecule has 82 valence electrons. The SMILES string of the molecule is Cc1cc(C(=O)O)n(-c2ccccc2C)n1. The van der Waals surface area contributed by atoms with Gasteiger partial charge in [0.25, 0.3) is 0 Å². The van der Waals surface area contributed by atoms with E-state index in [1.54, 1.807) is 13.0 Å². The van der Waals surface area contributed by atoms with E-state index in [0.29, 0.717) is 5.69 Å². The lowest BCUT2D eigenvalue weighted by Gasteiger charge is -2.07. The fourth-order valence-electron chi connectivity index (χ4n) is 1.64. The Balaban J connectivity index is 2.64. The predicted molar refractivity (Wildman–Crippen MR) is 60.0 cm³/mol. The van der Waals surface area contributed by atoms with Crippen molar-refractivity contribution in [3.63, 3.8) is 0 Å². The Labute approximate surface area is 93.1 Å². The van der Waals surface area contributed by atoms with Crippen LogP contribution < -0.4 is 0 Å². The molecule has 0 spiro atoms. The summed E-state index contributed by atoms with van der Waals surface area (Å²) in [5.74, 6) is -0.969. The average Bonchev–Trinajstić information content (AvgIpc) is 2.61. The summed E-state index contributed by atoms with van der Waals surface area (Å²) < 4.78 is 1.47. The minimum Gasteiger partial charge on any atom is -0.477 e. The summed E-state index contributed by atoms with van der Waals surface area (Å²) in [5.41, 5.74) is 2.67. The van der Waals surface area contributed by atoms with Gasteiger partial charge in [0.1, 0.15) is 0 Å². The van der Waals surface area contributed by atoms with E-state index in [4.69, 9.17) is 5.11 Å². The topological polar surface area (TPSA) is 55.1 Å². The van der Waals surface area contributed by atoms with Crippen molar-refractivity contribution in [2.45, 2.75) is 13.8 Å². The van der Waals surface area contributed by atoms with Gasteiger partial charge in [-0.3, -0.25) is 0 Å². The Morgan fingerprint density at radius 1 is 1.31 bits per heavy atom. The maximum Gasteiger partial charge on any atom is 0.354 e. The number of benzene rings is 1. The van der Waals surface area contributed by atoms with Crippen LogP contribution in [0.3, 0.4) is 0 Å². The van der Waals surface area contributed by atoms with Crippen LogP contribution in [0.15, 0.2) is 30.3 Å². The molecule has 4 nitrogen and oxygen atoms in total. The Kier molecular flexibility index (Phi) is 2.48. The molecule has 1 heterocycles. The van der Waals surface area contributed by atoms with Crippen LogP contribution in [0, 0.1) is 13.8 Å². The first-order valence-electron chi connectivity index (χ1n) is 4.95.